The Labute approximate surface area is 291 Å². The van der Waals surface area contributed by atoms with Crippen LogP contribution in [0.3, 0.4) is 0 Å². The Morgan fingerprint density at radius 2 is 1.61 bits per heavy atom. The van der Waals surface area contributed by atoms with Gasteiger partial charge in [-0.3, -0.25) is 24.2 Å². The number of fused-ring (bicyclic) bond motifs is 1. The van der Waals surface area contributed by atoms with Crippen molar-refractivity contribution < 1.29 is 29.4 Å². The predicted octanol–water partition coefficient (Wildman–Crippen LogP) is -0.114. The zero-order chi connectivity index (χ0) is 37.8. The van der Waals surface area contributed by atoms with Gasteiger partial charge in [0.25, 0.3) is 17.4 Å². The lowest BCUT2D eigenvalue weighted by molar-refractivity contribution is -0.139. The lowest BCUT2D eigenvalue weighted by Gasteiger charge is -2.14. The van der Waals surface area contributed by atoms with E-state index in [-0.39, 0.29) is 35.6 Å². The minimum atomic E-state index is -1.08. The van der Waals surface area contributed by atoms with Gasteiger partial charge in [0.1, 0.15) is 6.04 Å². The van der Waals surface area contributed by atoms with Crippen molar-refractivity contribution >= 4 is 52.4 Å². The molecule has 1 atom stereocenters. The molecular weight excluding hydrogens is 666 g/mol. The molecule has 0 radical (unpaired) electrons. The first-order chi connectivity index (χ1) is 24.4. The summed E-state index contributed by atoms with van der Waals surface area (Å²) in [6, 6.07) is 8.72. The number of H-pyrrole nitrogens is 1. The number of primary amides is 1. The first-order valence-electron chi connectivity index (χ1n) is 15.6. The van der Waals surface area contributed by atoms with Gasteiger partial charge in [-0.1, -0.05) is 0 Å². The highest BCUT2D eigenvalue weighted by atomic mass is 16.4. The quantitative estimate of drug-likeness (QED) is 0.0410. The number of aromatic nitrogens is 5. The fraction of sp³-hybridized carbons (Fsp3) is 0.323. The van der Waals surface area contributed by atoms with E-state index in [9.17, 15) is 29.1 Å². The van der Waals surface area contributed by atoms with Gasteiger partial charge in [-0.15, -0.1) is 0 Å². The number of anilines is 3. The van der Waals surface area contributed by atoms with E-state index < -0.39 is 35.4 Å². The summed E-state index contributed by atoms with van der Waals surface area (Å²) in [4.78, 5) is 74.6. The zero-order valence-corrected chi connectivity index (χ0v) is 27.7. The SMILES string of the molecule is NCCCCC(=O)O.NCCCCC(NC(=O)c1ccc(NCc2cnc3nc(N)[nH]c(=O)c3n2)cc1)C(=O)O.NNc1ncccc1C(N)=O. The first kappa shape index (κ1) is 40.9. The summed E-state index contributed by atoms with van der Waals surface area (Å²) < 4.78 is 0. The van der Waals surface area contributed by atoms with Crippen LogP contribution in [0.2, 0.25) is 0 Å². The highest BCUT2D eigenvalue weighted by molar-refractivity contribution is 5.97. The summed E-state index contributed by atoms with van der Waals surface area (Å²) in [6.07, 6.45) is 6.39. The molecule has 3 heterocycles. The van der Waals surface area contributed by atoms with Crippen LogP contribution in [-0.4, -0.2) is 78.0 Å². The molecule has 2 amide bonds. The van der Waals surface area contributed by atoms with Crippen molar-refractivity contribution in [3.05, 3.63) is 76.0 Å². The molecule has 274 valence electrons. The number of aliphatic carboxylic acids is 2. The number of amides is 2. The van der Waals surface area contributed by atoms with Crippen molar-refractivity contribution in [2.24, 2.45) is 23.0 Å². The van der Waals surface area contributed by atoms with E-state index in [0.717, 1.165) is 6.42 Å². The number of carbonyl (C=O) groups is 4. The van der Waals surface area contributed by atoms with E-state index in [1.54, 1.807) is 36.4 Å². The first-order valence-corrected chi connectivity index (χ1v) is 15.6. The number of nitrogens with one attached hydrogen (secondary N) is 4. The molecule has 0 saturated heterocycles. The van der Waals surface area contributed by atoms with Crippen molar-refractivity contribution in [1.82, 2.24) is 30.2 Å². The van der Waals surface area contributed by atoms with E-state index in [1.165, 1.54) is 12.4 Å². The van der Waals surface area contributed by atoms with Crippen LogP contribution in [0.5, 0.6) is 0 Å². The predicted molar refractivity (Wildman–Crippen MR) is 189 cm³/mol. The van der Waals surface area contributed by atoms with Crippen LogP contribution in [0.4, 0.5) is 17.5 Å². The Bertz CT molecular complexity index is 1800. The number of pyridine rings is 1. The lowest BCUT2D eigenvalue weighted by Crippen LogP contribution is -2.40. The molecule has 3 aromatic heterocycles. The second-order valence-corrected chi connectivity index (χ2v) is 10.6. The molecule has 1 aromatic carbocycles. The van der Waals surface area contributed by atoms with Crippen LogP contribution < -0.4 is 50.4 Å². The van der Waals surface area contributed by atoms with Gasteiger partial charge in [0, 0.05) is 23.9 Å². The van der Waals surface area contributed by atoms with E-state index in [2.05, 4.69) is 41.0 Å². The molecule has 4 rings (SSSR count). The summed E-state index contributed by atoms with van der Waals surface area (Å²) in [6.45, 7) is 1.34. The number of carboxylic acids is 2. The van der Waals surface area contributed by atoms with Crippen LogP contribution in [-0.2, 0) is 16.1 Å². The number of benzene rings is 1. The molecule has 0 fully saturated rings. The number of unbranched alkanes of at least 4 members (excludes halogenated alkanes) is 2. The van der Waals surface area contributed by atoms with E-state index in [0.29, 0.717) is 61.5 Å². The third-order valence-corrected chi connectivity index (χ3v) is 6.71. The molecule has 20 nitrogen and oxygen atoms in total. The number of hydrogen-bond donors (Lipinski definition) is 11. The fourth-order valence-electron chi connectivity index (χ4n) is 4.12. The Morgan fingerprint density at radius 1 is 0.922 bits per heavy atom. The maximum Gasteiger partial charge on any atom is 0.326 e. The standard InChI is InChI=1S/C20H24N8O4.C6H8N4O.C5H11NO2/c21-8-2-1-3-14(19(31)32)26-17(29)11-4-6-12(7-5-11)23-9-13-10-24-16-15(25-13)18(30)28-20(22)27-16;7-5(11)4-2-1-3-9-6(4)10-8;6-4-2-1-3-5(7)8/h4-7,10,14,23H,1-3,8-9,21H2,(H,26,29)(H,31,32)(H3,22,24,27,28,30);1-3H,8H2,(H2,7,11)(H,9,10);1-4,6H2,(H,7,8). The summed E-state index contributed by atoms with van der Waals surface area (Å²) in [5.41, 5.74) is 24.9. The molecule has 0 aliphatic carbocycles. The minimum Gasteiger partial charge on any atom is -0.481 e. The Kier molecular flexibility index (Phi) is 17.4. The van der Waals surface area contributed by atoms with Crippen LogP contribution >= 0.6 is 0 Å². The number of hydrogen-bond acceptors (Lipinski definition) is 15. The number of hydrazine groups is 1. The van der Waals surface area contributed by atoms with Gasteiger partial charge in [-0.2, -0.15) is 4.98 Å². The Hall–Kier alpha value is -6.25. The average molecular weight is 710 g/mol. The van der Waals surface area contributed by atoms with Crippen molar-refractivity contribution in [3.63, 3.8) is 0 Å². The molecule has 0 bridgehead atoms. The zero-order valence-electron chi connectivity index (χ0n) is 27.7. The highest BCUT2D eigenvalue weighted by Crippen LogP contribution is 2.13. The number of nitrogens with zero attached hydrogens (tertiary/aromatic N) is 4. The number of aromatic amines is 1. The molecule has 0 saturated carbocycles. The third kappa shape index (κ3) is 14.4. The van der Waals surface area contributed by atoms with Crippen LogP contribution in [0.1, 0.15) is 64.9 Å². The van der Waals surface area contributed by atoms with Gasteiger partial charge in [0.2, 0.25) is 5.95 Å². The smallest absolute Gasteiger partial charge is 0.326 e. The maximum absolute atomic E-state index is 12.4. The van der Waals surface area contributed by atoms with Gasteiger partial charge >= 0.3 is 11.9 Å². The molecule has 0 aliphatic rings. The van der Waals surface area contributed by atoms with Gasteiger partial charge in [-0.25, -0.2) is 25.6 Å². The number of carbonyl (C=O) groups excluding carboxylic acids is 2. The Balaban J connectivity index is 0.000000386. The highest BCUT2D eigenvalue weighted by Gasteiger charge is 2.20. The average Bonchev–Trinajstić information content (AvgIpc) is 3.11. The summed E-state index contributed by atoms with van der Waals surface area (Å²) in [5, 5.41) is 23.0. The van der Waals surface area contributed by atoms with E-state index >= 15 is 0 Å². The lowest BCUT2D eigenvalue weighted by atomic mass is 10.1. The number of nitrogens with two attached hydrogens (primary N) is 5. The van der Waals surface area contributed by atoms with Crippen LogP contribution in [0.25, 0.3) is 11.2 Å². The Morgan fingerprint density at radius 3 is 2.20 bits per heavy atom. The topological polar surface area (TPSA) is 359 Å². The molecule has 51 heavy (non-hydrogen) atoms. The van der Waals surface area contributed by atoms with Crippen molar-refractivity contribution in [2.75, 3.05) is 29.6 Å². The normalized spacial score (nSPS) is 10.8. The minimum absolute atomic E-state index is 0.0305. The van der Waals surface area contributed by atoms with Crippen molar-refractivity contribution in [3.8, 4) is 0 Å². The molecule has 0 spiro atoms. The number of carboxylic acid groups (broad SMARTS) is 2. The summed E-state index contributed by atoms with van der Waals surface area (Å²) in [5.74, 6) is 2.49. The van der Waals surface area contributed by atoms with Gasteiger partial charge < -0.3 is 49.2 Å². The maximum atomic E-state index is 12.4. The number of rotatable bonds is 16. The molecule has 20 heteroatoms. The molecule has 1 unspecified atom stereocenters. The number of nitrogen functional groups attached to an aromatic ring is 2. The fourth-order valence-corrected chi connectivity index (χ4v) is 4.12. The van der Waals surface area contributed by atoms with Crippen LogP contribution in [0.15, 0.2) is 53.6 Å². The van der Waals surface area contributed by atoms with Gasteiger partial charge in [0.05, 0.1) is 24.0 Å². The van der Waals surface area contributed by atoms with E-state index in [4.69, 9.17) is 33.9 Å². The van der Waals surface area contributed by atoms with Gasteiger partial charge in [0.15, 0.2) is 17.0 Å². The van der Waals surface area contributed by atoms with E-state index in [1.807, 2.05) is 0 Å². The second-order valence-electron chi connectivity index (χ2n) is 10.6. The second kappa shape index (κ2) is 21.7. The largest absolute Gasteiger partial charge is 0.481 e. The summed E-state index contributed by atoms with van der Waals surface area (Å²) >= 11 is 0. The van der Waals surface area contributed by atoms with Gasteiger partial charge in [-0.05, 0) is 81.6 Å². The molecule has 4 aromatic rings. The van der Waals surface area contributed by atoms with Crippen molar-refractivity contribution in [2.45, 2.75) is 51.1 Å². The molecular formula is C31H43N13O7. The monoisotopic (exact) mass is 709 g/mol. The third-order valence-electron chi connectivity index (χ3n) is 6.71. The van der Waals surface area contributed by atoms with Crippen molar-refractivity contribution in [1.29, 1.82) is 0 Å². The molecule has 0 aliphatic heterocycles. The summed E-state index contributed by atoms with van der Waals surface area (Å²) in [7, 11) is 0. The van der Waals surface area contributed by atoms with Crippen LogP contribution in [0, 0.1) is 0 Å². The molecule has 16 N–H and O–H groups in total.